The highest BCUT2D eigenvalue weighted by atomic mass is 16.1. The molecule has 2 aromatic rings. The molecule has 106 valence electrons. The molecule has 0 aliphatic rings. The van der Waals surface area contributed by atoms with Gasteiger partial charge in [0, 0.05) is 32.9 Å². The summed E-state index contributed by atoms with van der Waals surface area (Å²) in [7, 11) is 5.66. The van der Waals surface area contributed by atoms with E-state index in [1.807, 2.05) is 38.2 Å². The molecule has 0 fully saturated rings. The van der Waals surface area contributed by atoms with E-state index >= 15 is 0 Å². The maximum absolute atomic E-state index is 12.1. The number of hydrogen-bond acceptors (Lipinski definition) is 4. The Bertz CT molecular complexity index is 618. The SMILES string of the molecule is CN(C)c1ccc(C(=O)NCc2ccnn2C)cc1N. The van der Waals surface area contributed by atoms with Crippen molar-refractivity contribution in [2.45, 2.75) is 6.54 Å². The van der Waals surface area contributed by atoms with E-state index in [9.17, 15) is 4.79 Å². The average Bonchev–Trinajstić information content (AvgIpc) is 2.81. The minimum absolute atomic E-state index is 0.150. The Kier molecular flexibility index (Phi) is 3.93. The van der Waals surface area contributed by atoms with E-state index in [1.54, 1.807) is 23.0 Å². The molecule has 3 N–H and O–H groups in total. The fourth-order valence-corrected chi connectivity index (χ4v) is 1.95. The Morgan fingerprint density at radius 1 is 1.40 bits per heavy atom. The number of anilines is 2. The highest BCUT2D eigenvalue weighted by molar-refractivity contribution is 5.96. The zero-order chi connectivity index (χ0) is 14.7. The predicted octanol–water partition coefficient (Wildman–Crippen LogP) is 0.998. The van der Waals surface area contributed by atoms with E-state index in [2.05, 4.69) is 10.4 Å². The molecule has 0 atom stereocenters. The number of nitrogens with two attached hydrogens (primary N) is 1. The molecule has 0 saturated heterocycles. The Balaban J connectivity index is 2.06. The zero-order valence-electron chi connectivity index (χ0n) is 11.9. The maximum atomic E-state index is 12.1. The number of carbonyl (C=O) groups is 1. The molecule has 0 aliphatic heterocycles. The summed E-state index contributed by atoms with van der Waals surface area (Å²) in [5.74, 6) is -0.150. The molecule has 2 rings (SSSR count). The molecule has 1 aromatic heterocycles. The van der Waals surface area contributed by atoms with Crippen LogP contribution in [0.5, 0.6) is 0 Å². The van der Waals surface area contributed by atoms with E-state index in [-0.39, 0.29) is 5.91 Å². The van der Waals surface area contributed by atoms with Gasteiger partial charge in [-0.1, -0.05) is 0 Å². The van der Waals surface area contributed by atoms with Crippen molar-refractivity contribution in [3.63, 3.8) is 0 Å². The average molecular weight is 273 g/mol. The molecular weight excluding hydrogens is 254 g/mol. The van der Waals surface area contributed by atoms with Crippen LogP contribution in [0.25, 0.3) is 0 Å². The Morgan fingerprint density at radius 2 is 2.15 bits per heavy atom. The Morgan fingerprint density at radius 3 is 2.70 bits per heavy atom. The van der Waals surface area contributed by atoms with Gasteiger partial charge in [-0.15, -0.1) is 0 Å². The predicted molar refractivity (Wildman–Crippen MR) is 79.6 cm³/mol. The van der Waals surface area contributed by atoms with Crippen molar-refractivity contribution >= 4 is 17.3 Å². The smallest absolute Gasteiger partial charge is 0.251 e. The third-order valence-corrected chi connectivity index (χ3v) is 3.12. The van der Waals surface area contributed by atoms with E-state index in [4.69, 9.17) is 5.73 Å². The molecule has 0 radical (unpaired) electrons. The molecule has 6 nitrogen and oxygen atoms in total. The van der Waals surface area contributed by atoms with Gasteiger partial charge in [0.15, 0.2) is 0 Å². The highest BCUT2D eigenvalue weighted by Crippen LogP contribution is 2.22. The second-order valence-electron chi connectivity index (χ2n) is 4.80. The largest absolute Gasteiger partial charge is 0.397 e. The van der Waals surface area contributed by atoms with Crippen molar-refractivity contribution in [1.29, 1.82) is 0 Å². The molecule has 0 saturated carbocycles. The topological polar surface area (TPSA) is 76.2 Å². The number of nitrogen functional groups attached to an aromatic ring is 1. The first-order valence-corrected chi connectivity index (χ1v) is 6.31. The van der Waals surface area contributed by atoms with Gasteiger partial charge in [0.1, 0.15) is 0 Å². The first-order valence-electron chi connectivity index (χ1n) is 6.31. The van der Waals surface area contributed by atoms with Gasteiger partial charge >= 0.3 is 0 Å². The van der Waals surface area contributed by atoms with Crippen molar-refractivity contribution in [3.8, 4) is 0 Å². The summed E-state index contributed by atoms with van der Waals surface area (Å²) in [6, 6.07) is 7.16. The number of rotatable bonds is 4. The number of hydrogen-bond donors (Lipinski definition) is 2. The second-order valence-corrected chi connectivity index (χ2v) is 4.80. The van der Waals surface area contributed by atoms with Gasteiger partial charge in [-0.05, 0) is 24.3 Å². The summed E-state index contributed by atoms with van der Waals surface area (Å²) in [6.45, 7) is 0.435. The Hall–Kier alpha value is -2.50. The summed E-state index contributed by atoms with van der Waals surface area (Å²) in [5, 5.41) is 6.90. The van der Waals surface area contributed by atoms with Gasteiger partial charge < -0.3 is 16.0 Å². The summed E-state index contributed by atoms with van der Waals surface area (Å²) in [6.07, 6.45) is 1.70. The number of nitrogens with zero attached hydrogens (tertiary/aromatic N) is 3. The van der Waals surface area contributed by atoms with E-state index in [1.165, 1.54) is 0 Å². The van der Waals surface area contributed by atoms with E-state index in [0.29, 0.717) is 17.8 Å². The fourth-order valence-electron chi connectivity index (χ4n) is 1.95. The van der Waals surface area contributed by atoms with Crippen LogP contribution in [0.1, 0.15) is 16.1 Å². The minimum atomic E-state index is -0.150. The summed E-state index contributed by atoms with van der Waals surface area (Å²) in [4.78, 5) is 14.0. The molecule has 0 aliphatic carbocycles. The number of aromatic nitrogens is 2. The quantitative estimate of drug-likeness (QED) is 0.815. The maximum Gasteiger partial charge on any atom is 0.251 e. The molecular formula is C14H19N5O. The van der Waals surface area contributed by atoms with Crippen LogP contribution >= 0.6 is 0 Å². The first-order chi connectivity index (χ1) is 9.49. The molecule has 6 heteroatoms. The van der Waals surface area contributed by atoms with E-state index < -0.39 is 0 Å². The van der Waals surface area contributed by atoms with Crippen LogP contribution in [0.3, 0.4) is 0 Å². The molecule has 1 aromatic carbocycles. The standard InChI is InChI=1S/C14H19N5O/c1-18(2)13-5-4-10(8-12(13)15)14(20)16-9-11-6-7-17-19(11)3/h4-8H,9,15H2,1-3H3,(H,16,20). The lowest BCUT2D eigenvalue weighted by Gasteiger charge is -2.15. The van der Waals surface area contributed by atoms with Crippen molar-refractivity contribution in [1.82, 2.24) is 15.1 Å². The van der Waals surface area contributed by atoms with Gasteiger partial charge in [-0.25, -0.2) is 0 Å². The van der Waals surface area contributed by atoms with Gasteiger partial charge in [0.05, 0.1) is 23.6 Å². The zero-order valence-corrected chi connectivity index (χ0v) is 11.9. The third-order valence-electron chi connectivity index (χ3n) is 3.12. The lowest BCUT2D eigenvalue weighted by atomic mass is 10.1. The molecule has 0 unspecified atom stereocenters. The van der Waals surface area contributed by atoms with Crippen LogP contribution < -0.4 is 16.0 Å². The molecule has 20 heavy (non-hydrogen) atoms. The van der Waals surface area contributed by atoms with Gasteiger partial charge in [0.2, 0.25) is 0 Å². The minimum Gasteiger partial charge on any atom is -0.397 e. The first kappa shape index (κ1) is 13.9. The van der Waals surface area contributed by atoms with Crippen LogP contribution in [0.4, 0.5) is 11.4 Å². The second kappa shape index (κ2) is 5.64. The van der Waals surface area contributed by atoms with Crippen LogP contribution in [-0.4, -0.2) is 29.8 Å². The highest BCUT2D eigenvalue weighted by Gasteiger charge is 2.09. The Labute approximate surface area is 118 Å². The number of nitrogens with one attached hydrogen (secondary N) is 1. The number of benzene rings is 1. The van der Waals surface area contributed by atoms with E-state index in [0.717, 1.165) is 11.4 Å². The third kappa shape index (κ3) is 2.90. The lowest BCUT2D eigenvalue weighted by molar-refractivity contribution is 0.0950. The van der Waals surface area contributed by atoms with Crippen molar-refractivity contribution in [2.75, 3.05) is 24.7 Å². The van der Waals surface area contributed by atoms with Gasteiger partial charge in [0.25, 0.3) is 5.91 Å². The molecule has 1 heterocycles. The molecule has 0 spiro atoms. The molecule has 0 bridgehead atoms. The van der Waals surface area contributed by atoms with Crippen LogP contribution in [0.2, 0.25) is 0 Å². The fraction of sp³-hybridized carbons (Fsp3) is 0.286. The number of amides is 1. The summed E-state index contributed by atoms with van der Waals surface area (Å²) < 4.78 is 1.73. The van der Waals surface area contributed by atoms with Gasteiger partial charge in [-0.2, -0.15) is 5.10 Å². The van der Waals surface area contributed by atoms with Crippen molar-refractivity contribution in [2.24, 2.45) is 7.05 Å². The van der Waals surface area contributed by atoms with Crippen LogP contribution in [0.15, 0.2) is 30.5 Å². The summed E-state index contributed by atoms with van der Waals surface area (Å²) in [5.41, 5.74) is 8.91. The summed E-state index contributed by atoms with van der Waals surface area (Å²) >= 11 is 0. The van der Waals surface area contributed by atoms with Crippen LogP contribution in [0, 0.1) is 0 Å². The van der Waals surface area contributed by atoms with Gasteiger partial charge in [-0.3, -0.25) is 9.48 Å². The monoisotopic (exact) mass is 273 g/mol. The van der Waals surface area contributed by atoms with Crippen LogP contribution in [-0.2, 0) is 13.6 Å². The number of aryl methyl sites for hydroxylation is 1. The molecule has 1 amide bonds. The van der Waals surface area contributed by atoms with Crippen molar-refractivity contribution in [3.05, 3.63) is 41.7 Å². The normalized spacial score (nSPS) is 10.3. The van der Waals surface area contributed by atoms with Crippen molar-refractivity contribution < 1.29 is 4.79 Å². The lowest BCUT2D eigenvalue weighted by Crippen LogP contribution is -2.24. The number of carbonyl (C=O) groups excluding carboxylic acids is 1.